The highest BCUT2D eigenvalue weighted by atomic mass is 19.1. The Kier molecular flexibility index (Phi) is 4.45. The van der Waals surface area contributed by atoms with Gasteiger partial charge in [0.05, 0.1) is 0 Å². The van der Waals surface area contributed by atoms with Crippen LogP contribution in [0.1, 0.15) is 30.9 Å². The summed E-state index contributed by atoms with van der Waals surface area (Å²) in [4.78, 5) is 0. The molecular formula is C17H16F2. The molecule has 0 aliphatic heterocycles. The molecule has 19 heavy (non-hydrogen) atoms. The fourth-order valence-electron chi connectivity index (χ4n) is 2.00. The van der Waals surface area contributed by atoms with Crippen LogP contribution in [0.2, 0.25) is 0 Å². The smallest absolute Gasteiger partial charge is 0.123 e. The van der Waals surface area contributed by atoms with E-state index in [2.05, 4.69) is 6.92 Å². The zero-order chi connectivity index (χ0) is 13.7. The van der Waals surface area contributed by atoms with Crippen LogP contribution < -0.4 is 0 Å². The number of allylic oxidation sites excluding steroid dienone is 1. The molecule has 0 unspecified atom stereocenters. The van der Waals surface area contributed by atoms with Crippen LogP contribution in [-0.2, 0) is 0 Å². The lowest BCUT2D eigenvalue weighted by Crippen LogP contribution is -1.90. The second-order valence-corrected chi connectivity index (χ2v) is 4.43. The lowest BCUT2D eigenvalue weighted by atomic mass is 9.96. The number of hydrogen-bond donors (Lipinski definition) is 0. The molecule has 0 radical (unpaired) electrons. The predicted octanol–water partition coefficient (Wildman–Crippen LogP) is 5.20. The minimum Gasteiger partial charge on any atom is -0.207 e. The second kappa shape index (κ2) is 6.28. The normalized spacial score (nSPS) is 10.3. The molecule has 0 atom stereocenters. The number of benzene rings is 2. The third-order valence-electron chi connectivity index (χ3n) is 2.91. The summed E-state index contributed by atoms with van der Waals surface area (Å²) >= 11 is 0. The van der Waals surface area contributed by atoms with Gasteiger partial charge in [0.2, 0.25) is 0 Å². The average Bonchev–Trinajstić information content (AvgIpc) is 2.39. The SMILES string of the molecule is CCCC=C(c1cccc(F)c1)c1cccc(F)c1. The molecule has 98 valence electrons. The van der Waals surface area contributed by atoms with Crippen molar-refractivity contribution in [3.63, 3.8) is 0 Å². The van der Waals surface area contributed by atoms with Crippen molar-refractivity contribution in [1.29, 1.82) is 0 Å². The van der Waals surface area contributed by atoms with Crippen molar-refractivity contribution in [3.05, 3.63) is 77.4 Å². The number of unbranched alkanes of at least 4 members (excludes halogenated alkanes) is 1. The van der Waals surface area contributed by atoms with Gasteiger partial charge in [0.15, 0.2) is 0 Å². The highest BCUT2D eigenvalue weighted by molar-refractivity contribution is 5.79. The Morgan fingerprint density at radius 1 is 0.947 bits per heavy atom. The van der Waals surface area contributed by atoms with Crippen molar-refractivity contribution in [2.24, 2.45) is 0 Å². The molecule has 0 saturated carbocycles. The topological polar surface area (TPSA) is 0 Å². The van der Waals surface area contributed by atoms with E-state index >= 15 is 0 Å². The maximum absolute atomic E-state index is 13.3. The van der Waals surface area contributed by atoms with E-state index in [4.69, 9.17) is 0 Å². The monoisotopic (exact) mass is 258 g/mol. The second-order valence-electron chi connectivity index (χ2n) is 4.43. The minimum atomic E-state index is -0.281. The first-order valence-corrected chi connectivity index (χ1v) is 6.42. The van der Waals surface area contributed by atoms with Gasteiger partial charge in [-0.25, -0.2) is 8.78 Å². The Labute approximate surface area is 112 Å². The Bertz CT molecular complexity index is 538. The third kappa shape index (κ3) is 3.50. The van der Waals surface area contributed by atoms with Crippen molar-refractivity contribution in [1.82, 2.24) is 0 Å². The first kappa shape index (κ1) is 13.5. The summed E-state index contributed by atoms with van der Waals surface area (Å²) in [6.45, 7) is 2.07. The Hall–Kier alpha value is -1.96. The van der Waals surface area contributed by atoms with Gasteiger partial charge in [0.25, 0.3) is 0 Å². The van der Waals surface area contributed by atoms with E-state index in [1.54, 1.807) is 12.1 Å². The van der Waals surface area contributed by atoms with Gasteiger partial charge in [0, 0.05) is 0 Å². The first-order chi connectivity index (χ1) is 9.20. The molecular weight excluding hydrogens is 242 g/mol. The van der Waals surface area contributed by atoms with Crippen molar-refractivity contribution < 1.29 is 8.78 Å². The third-order valence-corrected chi connectivity index (χ3v) is 2.91. The van der Waals surface area contributed by atoms with Crippen LogP contribution in [0, 0.1) is 11.6 Å². The molecule has 0 amide bonds. The average molecular weight is 258 g/mol. The molecule has 2 rings (SSSR count). The Balaban J connectivity index is 2.48. The summed E-state index contributed by atoms with van der Waals surface area (Å²) in [6, 6.07) is 12.8. The van der Waals surface area contributed by atoms with Gasteiger partial charge in [-0.3, -0.25) is 0 Å². The molecule has 0 aliphatic rings. The van der Waals surface area contributed by atoms with E-state index in [0.29, 0.717) is 0 Å². The van der Waals surface area contributed by atoms with Crippen LogP contribution in [0.4, 0.5) is 8.78 Å². The van der Waals surface area contributed by atoms with Crippen molar-refractivity contribution in [3.8, 4) is 0 Å². The van der Waals surface area contributed by atoms with Gasteiger partial charge < -0.3 is 0 Å². The quantitative estimate of drug-likeness (QED) is 0.707. The fraction of sp³-hybridized carbons (Fsp3) is 0.176. The van der Waals surface area contributed by atoms with Gasteiger partial charge >= 0.3 is 0 Å². The van der Waals surface area contributed by atoms with Gasteiger partial charge in [0.1, 0.15) is 11.6 Å². The lowest BCUT2D eigenvalue weighted by molar-refractivity contribution is 0.627. The van der Waals surface area contributed by atoms with Crippen molar-refractivity contribution in [2.75, 3.05) is 0 Å². The maximum atomic E-state index is 13.3. The van der Waals surface area contributed by atoms with Gasteiger partial charge in [-0.05, 0) is 47.4 Å². The van der Waals surface area contributed by atoms with Crippen LogP contribution in [0.25, 0.3) is 5.57 Å². The predicted molar refractivity (Wildman–Crippen MR) is 74.8 cm³/mol. The van der Waals surface area contributed by atoms with E-state index in [0.717, 1.165) is 29.5 Å². The summed E-state index contributed by atoms with van der Waals surface area (Å²) in [5.74, 6) is -0.562. The standard InChI is InChI=1S/C17H16F2/c1-2-3-10-17(13-6-4-8-15(18)11-13)14-7-5-9-16(19)12-14/h4-12H,2-3H2,1H3. The lowest BCUT2D eigenvalue weighted by Gasteiger charge is -2.09. The fourth-order valence-corrected chi connectivity index (χ4v) is 2.00. The minimum absolute atomic E-state index is 0.281. The Morgan fingerprint density at radius 2 is 1.47 bits per heavy atom. The van der Waals surface area contributed by atoms with E-state index in [1.165, 1.54) is 24.3 Å². The summed E-state index contributed by atoms with van der Waals surface area (Å²) < 4.78 is 26.7. The molecule has 0 bridgehead atoms. The summed E-state index contributed by atoms with van der Waals surface area (Å²) in [5.41, 5.74) is 2.43. The van der Waals surface area contributed by atoms with Crippen LogP contribution in [0.3, 0.4) is 0 Å². The highest BCUT2D eigenvalue weighted by Crippen LogP contribution is 2.25. The number of hydrogen-bond acceptors (Lipinski definition) is 0. The van der Waals surface area contributed by atoms with Gasteiger partial charge in [-0.1, -0.05) is 43.7 Å². The molecule has 0 heterocycles. The highest BCUT2D eigenvalue weighted by Gasteiger charge is 2.06. The van der Waals surface area contributed by atoms with Crippen molar-refractivity contribution in [2.45, 2.75) is 19.8 Å². The zero-order valence-corrected chi connectivity index (χ0v) is 10.9. The van der Waals surface area contributed by atoms with Crippen LogP contribution >= 0.6 is 0 Å². The molecule has 0 N–H and O–H groups in total. The van der Waals surface area contributed by atoms with Crippen LogP contribution in [0.15, 0.2) is 54.6 Å². The van der Waals surface area contributed by atoms with E-state index in [9.17, 15) is 8.78 Å². The summed E-state index contributed by atoms with van der Waals surface area (Å²) in [5, 5.41) is 0. The molecule has 0 aliphatic carbocycles. The molecule has 0 spiro atoms. The number of rotatable bonds is 4. The summed E-state index contributed by atoms with van der Waals surface area (Å²) in [6.07, 6.45) is 3.90. The van der Waals surface area contributed by atoms with E-state index in [-0.39, 0.29) is 11.6 Å². The molecule has 0 fully saturated rings. The van der Waals surface area contributed by atoms with Gasteiger partial charge in [-0.2, -0.15) is 0 Å². The molecule has 0 saturated heterocycles. The Morgan fingerprint density at radius 3 is 1.89 bits per heavy atom. The molecule has 0 aromatic heterocycles. The molecule has 2 aromatic rings. The number of halogens is 2. The van der Waals surface area contributed by atoms with Gasteiger partial charge in [-0.15, -0.1) is 0 Å². The van der Waals surface area contributed by atoms with E-state index < -0.39 is 0 Å². The van der Waals surface area contributed by atoms with Crippen LogP contribution in [0.5, 0.6) is 0 Å². The summed E-state index contributed by atoms with van der Waals surface area (Å²) in [7, 11) is 0. The molecule has 0 nitrogen and oxygen atoms in total. The van der Waals surface area contributed by atoms with Crippen LogP contribution in [-0.4, -0.2) is 0 Å². The molecule has 2 aromatic carbocycles. The van der Waals surface area contributed by atoms with E-state index in [1.807, 2.05) is 18.2 Å². The zero-order valence-electron chi connectivity index (χ0n) is 10.9. The largest absolute Gasteiger partial charge is 0.207 e. The van der Waals surface area contributed by atoms with Crippen molar-refractivity contribution >= 4 is 5.57 Å². The maximum Gasteiger partial charge on any atom is 0.123 e. The molecule has 2 heteroatoms. The first-order valence-electron chi connectivity index (χ1n) is 6.42.